The quantitative estimate of drug-likeness (QED) is 0.522. The Hall–Kier alpha value is -1.87. The van der Waals surface area contributed by atoms with Crippen LogP contribution in [0.3, 0.4) is 0 Å². The van der Waals surface area contributed by atoms with Gasteiger partial charge in [0.25, 0.3) is 0 Å². The van der Waals surface area contributed by atoms with Gasteiger partial charge in [0.15, 0.2) is 5.96 Å². The molecule has 0 amide bonds. The smallest absolute Gasteiger partial charge is 0.213 e. The summed E-state index contributed by atoms with van der Waals surface area (Å²) in [6, 6.07) is 6.53. The van der Waals surface area contributed by atoms with E-state index < -0.39 is 10.0 Å². The van der Waals surface area contributed by atoms with Gasteiger partial charge in [0, 0.05) is 52.0 Å². The van der Waals surface area contributed by atoms with Crippen molar-refractivity contribution < 1.29 is 12.8 Å². The minimum atomic E-state index is -3.26. The van der Waals surface area contributed by atoms with Crippen LogP contribution in [0.2, 0.25) is 0 Å². The van der Waals surface area contributed by atoms with Gasteiger partial charge in [0.05, 0.1) is 5.75 Å². The molecule has 1 aromatic carbocycles. The van der Waals surface area contributed by atoms with Crippen LogP contribution >= 0.6 is 0 Å². The van der Waals surface area contributed by atoms with Gasteiger partial charge in [-0.05, 0) is 43.0 Å². The number of benzene rings is 1. The Balaban J connectivity index is 1.41. The molecule has 7 nitrogen and oxygen atoms in total. The summed E-state index contributed by atoms with van der Waals surface area (Å²) in [5.74, 6) is 1.03. The monoisotopic (exact) mass is 411 g/mol. The number of rotatable bonds is 7. The van der Waals surface area contributed by atoms with Crippen LogP contribution in [-0.4, -0.2) is 71.3 Å². The van der Waals surface area contributed by atoms with Crippen molar-refractivity contribution in [1.82, 2.24) is 14.9 Å². The molecule has 0 spiro atoms. The van der Waals surface area contributed by atoms with Crippen LogP contribution < -0.4 is 14.9 Å². The Morgan fingerprint density at radius 2 is 1.86 bits per heavy atom. The number of nitrogens with zero attached hydrogens (tertiary/aromatic N) is 3. The van der Waals surface area contributed by atoms with Crippen molar-refractivity contribution in [2.24, 2.45) is 10.9 Å². The second-order valence-corrected chi connectivity index (χ2v) is 9.32. The molecule has 0 aromatic heterocycles. The average Bonchev–Trinajstić information content (AvgIpc) is 2.65. The van der Waals surface area contributed by atoms with Crippen molar-refractivity contribution in [2.75, 3.05) is 57.0 Å². The number of sulfonamides is 1. The summed E-state index contributed by atoms with van der Waals surface area (Å²) >= 11 is 0. The Bertz CT molecular complexity index is 757. The Morgan fingerprint density at radius 3 is 2.43 bits per heavy atom. The third-order valence-corrected chi connectivity index (χ3v) is 6.80. The minimum Gasteiger partial charge on any atom is -0.368 e. The van der Waals surface area contributed by atoms with Crippen LogP contribution in [0.15, 0.2) is 29.3 Å². The number of nitrogens with one attached hydrogen (secondary N) is 2. The number of hydrogen-bond donors (Lipinski definition) is 2. The first kappa shape index (κ1) is 20.9. The van der Waals surface area contributed by atoms with Crippen LogP contribution in [0.1, 0.15) is 19.3 Å². The van der Waals surface area contributed by atoms with Crippen LogP contribution in [-0.2, 0) is 10.0 Å². The normalized spacial score (nSPS) is 18.9. The fraction of sp³-hybridized carbons (Fsp3) is 0.632. The number of halogens is 1. The first-order valence-electron chi connectivity index (χ1n) is 9.90. The lowest BCUT2D eigenvalue weighted by Crippen LogP contribution is -2.53. The molecule has 1 aromatic rings. The fourth-order valence-corrected chi connectivity index (χ4v) is 4.48. The molecule has 156 valence electrons. The summed E-state index contributed by atoms with van der Waals surface area (Å²) in [5, 5.41) is 3.16. The Morgan fingerprint density at radius 1 is 1.18 bits per heavy atom. The van der Waals surface area contributed by atoms with Crippen molar-refractivity contribution in [3.63, 3.8) is 0 Å². The van der Waals surface area contributed by atoms with E-state index >= 15 is 0 Å². The molecule has 1 aliphatic heterocycles. The van der Waals surface area contributed by atoms with Gasteiger partial charge in [-0.3, -0.25) is 4.99 Å². The summed E-state index contributed by atoms with van der Waals surface area (Å²) < 4.78 is 40.0. The first-order chi connectivity index (χ1) is 13.5. The van der Waals surface area contributed by atoms with Gasteiger partial charge in [-0.25, -0.2) is 17.5 Å². The molecule has 2 fully saturated rings. The van der Waals surface area contributed by atoms with E-state index in [1.165, 1.54) is 18.6 Å². The lowest BCUT2D eigenvalue weighted by molar-refractivity contribution is 0.316. The molecular formula is C19H30FN5O2S. The van der Waals surface area contributed by atoms with Crippen molar-refractivity contribution >= 4 is 21.7 Å². The van der Waals surface area contributed by atoms with Gasteiger partial charge >= 0.3 is 0 Å². The van der Waals surface area contributed by atoms with Crippen molar-refractivity contribution in [3.05, 3.63) is 30.1 Å². The molecule has 0 bridgehead atoms. The van der Waals surface area contributed by atoms with Gasteiger partial charge in [-0.1, -0.05) is 6.42 Å². The molecule has 1 aliphatic carbocycles. The van der Waals surface area contributed by atoms with E-state index in [0.717, 1.165) is 44.7 Å². The van der Waals surface area contributed by atoms with E-state index in [4.69, 9.17) is 0 Å². The molecule has 0 radical (unpaired) electrons. The summed E-state index contributed by atoms with van der Waals surface area (Å²) in [4.78, 5) is 8.61. The van der Waals surface area contributed by atoms with Crippen molar-refractivity contribution in [2.45, 2.75) is 19.3 Å². The second-order valence-electron chi connectivity index (χ2n) is 7.39. The first-order valence-corrected chi connectivity index (χ1v) is 11.6. The summed E-state index contributed by atoms with van der Waals surface area (Å²) in [6.45, 7) is 4.02. The number of guanidine groups is 1. The van der Waals surface area contributed by atoms with Crippen LogP contribution in [0.25, 0.3) is 0 Å². The molecular weight excluding hydrogens is 381 g/mol. The number of hydrogen-bond acceptors (Lipinski definition) is 4. The molecule has 1 saturated heterocycles. The maximum Gasteiger partial charge on any atom is 0.213 e. The number of aliphatic imine (C=N–C) groups is 1. The summed E-state index contributed by atoms with van der Waals surface area (Å²) in [7, 11) is -1.55. The maximum absolute atomic E-state index is 13.1. The van der Waals surface area contributed by atoms with E-state index in [0.29, 0.717) is 25.0 Å². The molecule has 0 atom stereocenters. The van der Waals surface area contributed by atoms with E-state index in [2.05, 4.69) is 24.8 Å². The SMILES string of the molecule is CN=C(NCCS(=O)(=O)NCC1CCC1)N1CCN(c2ccc(F)cc2)CC1. The van der Waals surface area contributed by atoms with E-state index in [9.17, 15) is 12.8 Å². The predicted octanol–water partition coefficient (Wildman–Crippen LogP) is 1.24. The van der Waals surface area contributed by atoms with Crippen LogP contribution in [0, 0.1) is 11.7 Å². The lowest BCUT2D eigenvalue weighted by atomic mass is 9.86. The Kier molecular flexibility index (Phi) is 7.12. The molecule has 3 rings (SSSR count). The summed E-state index contributed by atoms with van der Waals surface area (Å²) in [6.07, 6.45) is 3.45. The van der Waals surface area contributed by atoms with Gasteiger partial charge in [0.1, 0.15) is 5.82 Å². The molecule has 28 heavy (non-hydrogen) atoms. The minimum absolute atomic E-state index is 0.0360. The van der Waals surface area contributed by atoms with Gasteiger partial charge in [-0.15, -0.1) is 0 Å². The van der Waals surface area contributed by atoms with Crippen molar-refractivity contribution in [3.8, 4) is 0 Å². The van der Waals surface area contributed by atoms with Gasteiger partial charge in [-0.2, -0.15) is 0 Å². The third-order valence-electron chi connectivity index (χ3n) is 5.45. The van der Waals surface area contributed by atoms with E-state index in [1.54, 1.807) is 19.2 Å². The van der Waals surface area contributed by atoms with Crippen molar-refractivity contribution in [1.29, 1.82) is 0 Å². The predicted molar refractivity (Wildman–Crippen MR) is 111 cm³/mol. The topological polar surface area (TPSA) is 77.0 Å². The zero-order valence-corrected chi connectivity index (χ0v) is 17.2. The molecule has 9 heteroatoms. The number of anilines is 1. The highest BCUT2D eigenvalue weighted by atomic mass is 32.2. The third kappa shape index (κ3) is 5.81. The maximum atomic E-state index is 13.1. The van der Waals surface area contributed by atoms with Crippen LogP contribution in [0.5, 0.6) is 0 Å². The zero-order chi connectivity index (χ0) is 20.0. The highest BCUT2D eigenvalue weighted by Crippen LogP contribution is 2.25. The number of piperazine rings is 1. The standard InChI is InChI=1S/C19H30FN5O2S/c1-21-19(22-9-14-28(26,27)23-15-16-3-2-4-16)25-12-10-24(11-13-25)18-7-5-17(20)6-8-18/h5-8,16,23H,2-4,9-15H2,1H3,(H,21,22). The highest BCUT2D eigenvalue weighted by molar-refractivity contribution is 7.89. The largest absolute Gasteiger partial charge is 0.368 e. The molecule has 1 saturated carbocycles. The fourth-order valence-electron chi connectivity index (χ4n) is 3.47. The summed E-state index contributed by atoms with van der Waals surface area (Å²) in [5.41, 5.74) is 1.01. The Labute approximate surface area is 167 Å². The molecule has 0 unspecified atom stereocenters. The molecule has 2 aliphatic rings. The molecule has 1 heterocycles. The van der Waals surface area contributed by atoms with Gasteiger partial charge < -0.3 is 15.1 Å². The molecule has 2 N–H and O–H groups in total. The van der Waals surface area contributed by atoms with Crippen LogP contribution in [0.4, 0.5) is 10.1 Å². The van der Waals surface area contributed by atoms with E-state index in [1.807, 2.05) is 0 Å². The second kappa shape index (κ2) is 9.56. The lowest BCUT2D eigenvalue weighted by Gasteiger charge is -2.37. The van der Waals surface area contributed by atoms with E-state index in [-0.39, 0.29) is 11.6 Å². The average molecular weight is 412 g/mol. The van der Waals surface area contributed by atoms with Gasteiger partial charge in [0.2, 0.25) is 10.0 Å². The zero-order valence-electron chi connectivity index (χ0n) is 16.4. The highest BCUT2D eigenvalue weighted by Gasteiger charge is 2.22.